The minimum absolute atomic E-state index is 0. The van der Waals surface area contributed by atoms with Crippen molar-refractivity contribution < 1.29 is 29.4 Å². The van der Waals surface area contributed by atoms with Gasteiger partial charge in [0, 0.05) is 24.2 Å². The Labute approximate surface area is 536 Å². The van der Waals surface area contributed by atoms with Crippen LogP contribution >= 0.6 is 0 Å². The first-order chi connectivity index (χ1) is 43.0. The smallest absolute Gasteiger partial charge is 0.400 e. The predicted molar refractivity (Wildman–Crippen MR) is 362 cm³/mol. The second-order valence-electron chi connectivity index (χ2n) is 23.5. The molecule has 0 unspecified atom stereocenters. The summed E-state index contributed by atoms with van der Waals surface area (Å²) >= 11 is 0. The van der Waals surface area contributed by atoms with E-state index in [9.17, 15) is 0 Å². The van der Waals surface area contributed by atoms with Crippen molar-refractivity contribution in [1.82, 2.24) is 15.0 Å². The molecular weight excluding hydrogens is 1260 g/mol. The van der Waals surface area contributed by atoms with Gasteiger partial charge in [0.1, 0.15) is 0 Å². The Balaban J connectivity index is 0.00000729. The van der Waals surface area contributed by atoms with Crippen LogP contribution in [-0.2, 0) is 29.4 Å². The number of hydrogen-bond donors (Lipinski definition) is 0. The van der Waals surface area contributed by atoms with Crippen molar-refractivity contribution >= 4 is 12.6 Å². The summed E-state index contributed by atoms with van der Waals surface area (Å²) in [4.78, 5) is 14.6. The van der Waals surface area contributed by atoms with Gasteiger partial charge in [0.25, 0.3) is 0 Å². The molecule has 5 nitrogen and oxygen atoms in total. The summed E-state index contributed by atoms with van der Waals surface area (Å²) in [5.74, 6) is 0. The summed E-state index contributed by atoms with van der Waals surface area (Å²) in [5, 5.41) is 0. The molecule has 0 N–H and O–H groups in total. The zero-order valence-electron chi connectivity index (χ0n) is 50.1. The van der Waals surface area contributed by atoms with Gasteiger partial charge in [-0.05, 0) is 138 Å². The SMILES string of the molecule is Cc1cc(-c2[c-]cc(-c3ccccc3-c3cc(-c4ccccc4-c4c[c-]c(-c5ccccn5)cc4-c4ccccc4)cc(-c4ccccc4-c4c[c-]c(-c5ccccn5)cc4-c4ccccc4)c3)c(B3OC(C)(C)C(C)(C)O3)c2)ncc1-c1ccccc1.[Ir+3]. The minimum Gasteiger partial charge on any atom is -0.400 e. The zero-order chi connectivity index (χ0) is 59.8. The van der Waals surface area contributed by atoms with Crippen LogP contribution in [0.5, 0.6) is 0 Å². The molecule has 428 valence electrons. The fourth-order valence-corrected chi connectivity index (χ4v) is 12.2. The monoisotopic (exact) mass is 1320 g/mol. The fourth-order valence-electron chi connectivity index (χ4n) is 12.2. The third-order valence-corrected chi connectivity index (χ3v) is 17.4. The van der Waals surface area contributed by atoms with Gasteiger partial charge in [-0.25, -0.2) is 0 Å². The van der Waals surface area contributed by atoms with Gasteiger partial charge in [0.15, 0.2) is 0 Å². The van der Waals surface area contributed by atoms with Crippen LogP contribution in [0, 0.1) is 25.1 Å². The van der Waals surface area contributed by atoms with Crippen LogP contribution in [0.25, 0.3) is 134 Å². The zero-order valence-corrected chi connectivity index (χ0v) is 52.5. The van der Waals surface area contributed by atoms with E-state index in [1.165, 1.54) is 0 Å². The summed E-state index contributed by atoms with van der Waals surface area (Å²) in [6.45, 7) is 10.6. The van der Waals surface area contributed by atoms with Crippen molar-refractivity contribution in [2.75, 3.05) is 0 Å². The Morgan fingerprint density at radius 3 is 1.08 bits per heavy atom. The first kappa shape index (κ1) is 58.3. The Bertz CT molecular complexity index is 4490. The molecule has 14 rings (SSSR count). The van der Waals surface area contributed by atoms with E-state index < -0.39 is 18.3 Å². The molecule has 1 saturated heterocycles. The van der Waals surface area contributed by atoms with Crippen molar-refractivity contribution in [2.24, 2.45) is 0 Å². The molecule has 0 atom stereocenters. The molecule has 0 radical (unpaired) electrons. The first-order valence-electron chi connectivity index (χ1n) is 30.0. The van der Waals surface area contributed by atoms with Crippen molar-refractivity contribution in [3.05, 3.63) is 303 Å². The van der Waals surface area contributed by atoms with Gasteiger partial charge in [-0.3, -0.25) is 0 Å². The Morgan fingerprint density at radius 2 is 0.674 bits per heavy atom. The fraction of sp³-hybridized carbons (Fsp3) is 0.0854. The van der Waals surface area contributed by atoms with Gasteiger partial charge >= 0.3 is 27.2 Å². The molecule has 0 amide bonds. The standard InChI is InChI=1S/C82H61BN3O2.Ir/c1-55-47-80(86-54-76(55)58-29-13-8-14-30-58)61-41-44-73(77(53-61)83-87-81(2,3)82(4,5)88-83)70-36-20-17-33-67(70)64-49-62(65-31-15-18-34-68(65)71-42-39-59(78-37-21-23-45-84-78)51-74(71)56-25-9-6-10-26-56)48-63(50-64)66-32-16-19-35-69(66)72-43-40-60(79-38-22-24-46-85-79)52-75(72)57-27-11-7-12-28-57;/h6-38,42-54H,1-5H3;/q-3;+3. The second kappa shape index (κ2) is 24.8. The summed E-state index contributed by atoms with van der Waals surface area (Å²) in [6, 6.07) is 103. The predicted octanol–water partition coefficient (Wildman–Crippen LogP) is 19.9. The normalized spacial score (nSPS) is 13.2. The quantitative estimate of drug-likeness (QED) is 0.0850. The number of benzene rings is 10. The van der Waals surface area contributed by atoms with Gasteiger partial charge in [0.2, 0.25) is 0 Å². The third-order valence-electron chi connectivity index (χ3n) is 17.4. The van der Waals surface area contributed by atoms with Crippen molar-refractivity contribution in [1.29, 1.82) is 0 Å². The van der Waals surface area contributed by atoms with Crippen LogP contribution in [0.15, 0.2) is 279 Å². The molecule has 1 aliphatic heterocycles. The van der Waals surface area contributed by atoms with E-state index in [2.05, 4.69) is 271 Å². The van der Waals surface area contributed by atoms with E-state index in [0.29, 0.717) is 0 Å². The number of hydrogen-bond acceptors (Lipinski definition) is 5. The largest absolute Gasteiger partial charge is 3.00 e. The van der Waals surface area contributed by atoms with Gasteiger partial charge in [-0.2, -0.15) is 0 Å². The maximum Gasteiger partial charge on any atom is 3.00 e. The summed E-state index contributed by atoms with van der Waals surface area (Å²) in [6.07, 6.45) is 5.65. The van der Waals surface area contributed by atoms with E-state index in [-0.39, 0.29) is 20.1 Å². The number of aromatic nitrogens is 3. The average Bonchev–Trinajstić information content (AvgIpc) is 1.94. The molecule has 0 aliphatic carbocycles. The Hall–Kier alpha value is -9.72. The molecule has 4 heterocycles. The molecule has 10 aromatic carbocycles. The van der Waals surface area contributed by atoms with Crippen molar-refractivity contribution in [2.45, 2.75) is 45.8 Å². The number of pyridine rings is 3. The van der Waals surface area contributed by atoms with Crippen LogP contribution in [-0.4, -0.2) is 33.3 Å². The van der Waals surface area contributed by atoms with Gasteiger partial charge in [-0.1, -0.05) is 244 Å². The molecule has 7 heteroatoms. The number of rotatable bonds is 13. The van der Waals surface area contributed by atoms with Gasteiger partial charge in [0.05, 0.1) is 11.2 Å². The van der Waals surface area contributed by atoms with Crippen LogP contribution in [0.2, 0.25) is 0 Å². The van der Waals surface area contributed by atoms with E-state index in [0.717, 1.165) is 145 Å². The summed E-state index contributed by atoms with van der Waals surface area (Å²) < 4.78 is 14.0. The number of nitrogens with zero attached hydrogens (tertiary/aromatic N) is 3. The Kier molecular flexibility index (Phi) is 16.3. The average molecular weight is 1320 g/mol. The molecule has 0 spiro atoms. The van der Waals surface area contributed by atoms with E-state index in [4.69, 9.17) is 24.3 Å². The molecule has 0 bridgehead atoms. The topological polar surface area (TPSA) is 57.1 Å². The van der Waals surface area contributed by atoms with Gasteiger partial charge < -0.3 is 24.3 Å². The molecule has 13 aromatic rings. The molecular formula is C82H61BIrN3O2. The molecule has 89 heavy (non-hydrogen) atoms. The summed E-state index contributed by atoms with van der Waals surface area (Å²) in [7, 11) is -0.689. The second-order valence-corrected chi connectivity index (χ2v) is 23.5. The van der Waals surface area contributed by atoms with Crippen LogP contribution < -0.4 is 5.46 Å². The first-order valence-corrected chi connectivity index (χ1v) is 30.0. The van der Waals surface area contributed by atoms with Crippen LogP contribution in [0.3, 0.4) is 0 Å². The van der Waals surface area contributed by atoms with E-state index in [1.807, 2.05) is 61.1 Å². The third kappa shape index (κ3) is 11.6. The van der Waals surface area contributed by atoms with Gasteiger partial charge in [-0.15, -0.1) is 71.3 Å². The minimum atomic E-state index is -0.689. The van der Waals surface area contributed by atoms with Crippen LogP contribution in [0.1, 0.15) is 33.3 Å². The van der Waals surface area contributed by atoms with Crippen molar-refractivity contribution in [3.63, 3.8) is 0 Å². The number of aryl methyl sites for hydroxylation is 1. The molecule has 1 aliphatic rings. The maximum absolute atomic E-state index is 6.99. The van der Waals surface area contributed by atoms with E-state index in [1.54, 1.807) is 0 Å². The van der Waals surface area contributed by atoms with Crippen molar-refractivity contribution in [3.8, 4) is 134 Å². The van der Waals surface area contributed by atoms with E-state index >= 15 is 0 Å². The Morgan fingerprint density at radius 1 is 0.315 bits per heavy atom. The molecule has 3 aromatic heterocycles. The summed E-state index contributed by atoms with van der Waals surface area (Å²) in [5.41, 5.74) is 25.3. The maximum atomic E-state index is 6.99. The molecule has 0 saturated carbocycles. The molecule has 1 fully saturated rings. The van der Waals surface area contributed by atoms with Crippen LogP contribution in [0.4, 0.5) is 0 Å².